The lowest BCUT2D eigenvalue weighted by atomic mass is 10.00. The van der Waals surface area contributed by atoms with Crippen molar-refractivity contribution < 1.29 is 27.4 Å². The van der Waals surface area contributed by atoms with Crippen LogP contribution in [0.4, 0.5) is 4.39 Å². The largest absolute Gasteiger partial charge is 0.495 e. The Bertz CT molecular complexity index is 673. The molecule has 2 N–H and O–H groups in total. The summed E-state index contributed by atoms with van der Waals surface area (Å²) < 4.78 is 42.3. The number of halogens is 1. The second kappa shape index (κ2) is 5.61. The van der Waals surface area contributed by atoms with Crippen LogP contribution >= 0.6 is 0 Å². The van der Waals surface area contributed by atoms with E-state index in [1.807, 2.05) is 0 Å². The number of nitrogens with one attached hydrogen (secondary N) is 1. The molecule has 0 spiro atoms. The highest BCUT2D eigenvalue weighted by Gasteiger charge is 2.32. The summed E-state index contributed by atoms with van der Waals surface area (Å²) in [5, 5.41) is 12.0. The van der Waals surface area contributed by atoms with Crippen molar-refractivity contribution in [1.82, 2.24) is 5.32 Å². The molecule has 2 unspecified atom stereocenters. The van der Waals surface area contributed by atoms with Crippen molar-refractivity contribution in [2.75, 3.05) is 19.9 Å². The molecule has 1 aliphatic rings. The van der Waals surface area contributed by atoms with Crippen LogP contribution in [0.15, 0.2) is 17.0 Å². The highest BCUT2D eigenvalue weighted by molar-refractivity contribution is 7.90. The van der Waals surface area contributed by atoms with Gasteiger partial charge in [-0.15, -0.1) is 0 Å². The van der Waals surface area contributed by atoms with Gasteiger partial charge in [-0.05, 0) is 24.1 Å². The number of methoxy groups -OCH3 is 1. The van der Waals surface area contributed by atoms with E-state index in [1.54, 1.807) is 0 Å². The minimum absolute atomic E-state index is 0.0759. The van der Waals surface area contributed by atoms with Crippen molar-refractivity contribution in [3.63, 3.8) is 0 Å². The first kappa shape index (κ1) is 15.7. The van der Waals surface area contributed by atoms with Crippen LogP contribution in [0.25, 0.3) is 0 Å². The van der Waals surface area contributed by atoms with Gasteiger partial charge in [-0.1, -0.05) is 0 Å². The predicted octanol–water partition coefficient (Wildman–Crippen LogP) is 0.973. The van der Waals surface area contributed by atoms with Crippen LogP contribution < -0.4 is 10.1 Å². The smallest absolute Gasteiger partial charge is 0.307 e. The second-order valence-corrected chi connectivity index (χ2v) is 6.99. The quantitative estimate of drug-likeness (QED) is 0.860. The first-order chi connectivity index (χ1) is 9.74. The van der Waals surface area contributed by atoms with Gasteiger partial charge in [0.25, 0.3) is 0 Å². The molecule has 2 atom stereocenters. The number of aliphatic carboxylic acids is 1. The Balaban J connectivity index is 2.40. The van der Waals surface area contributed by atoms with Gasteiger partial charge in [0.15, 0.2) is 9.84 Å². The molecule has 1 heterocycles. The summed E-state index contributed by atoms with van der Waals surface area (Å²) in [5.41, 5.74) is 0.473. The molecule has 1 saturated heterocycles. The summed E-state index contributed by atoms with van der Waals surface area (Å²) in [6.07, 6.45) is 1.22. The number of carboxylic acid groups (broad SMARTS) is 1. The molecule has 0 amide bonds. The number of benzene rings is 1. The van der Waals surface area contributed by atoms with Crippen LogP contribution in [-0.4, -0.2) is 39.4 Å². The Hall–Kier alpha value is -1.67. The fourth-order valence-electron chi connectivity index (χ4n) is 2.48. The fourth-order valence-corrected chi connectivity index (χ4v) is 3.40. The van der Waals surface area contributed by atoms with Gasteiger partial charge in [0.05, 0.1) is 13.0 Å². The van der Waals surface area contributed by atoms with Crippen molar-refractivity contribution >= 4 is 15.8 Å². The van der Waals surface area contributed by atoms with Crippen LogP contribution in [0.1, 0.15) is 18.0 Å². The zero-order valence-corrected chi connectivity index (χ0v) is 12.4. The monoisotopic (exact) mass is 317 g/mol. The number of hydrogen-bond donors (Lipinski definition) is 2. The van der Waals surface area contributed by atoms with E-state index in [9.17, 15) is 17.6 Å². The van der Waals surface area contributed by atoms with Crippen LogP contribution in [0.2, 0.25) is 0 Å². The van der Waals surface area contributed by atoms with Crippen molar-refractivity contribution in [3.8, 4) is 5.75 Å². The molecule has 1 aromatic rings. The zero-order chi connectivity index (χ0) is 15.8. The van der Waals surface area contributed by atoms with Crippen LogP contribution in [0, 0.1) is 11.7 Å². The number of hydrogen-bond acceptors (Lipinski definition) is 5. The summed E-state index contributed by atoms with van der Waals surface area (Å²) in [6.45, 7) is 0.289. The van der Waals surface area contributed by atoms with Crippen molar-refractivity contribution in [2.24, 2.45) is 5.92 Å². The molecule has 0 aromatic heterocycles. The van der Waals surface area contributed by atoms with E-state index in [0.29, 0.717) is 12.0 Å². The zero-order valence-electron chi connectivity index (χ0n) is 11.6. The third-order valence-electron chi connectivity index (χ3n) is 3.51. The summed E-state index contributed by atoms with van der Waals surface area (Å²) >= 11 is 0. The SMILES string of the molecule is COc1cc(C2CC(C(=O)O)CN2)cc(F)c1S(C)(=O)=O. The first-order valence-corrected chi connectivity index (χ1v) is 8.17. The van der Waals surface area contributed by atoms with E-state index in [0.717, 1.165) is 12.3 Å². The molecule has 21 heavy (non-hydrogen) atoms. The average Bonchev–Trinajstić information content (AvgIpc) is 2.85. The van der Waals surface area contributed by atoms with E-state index in [1.165, 1.54) is 13.2 Å². The molecular formula is C13H16FNO5S. The number of ether oxygens (including phenoxy) is 1. The molecule has 6 nitrogen and oxygen atoms in total. The molecule has 2 rings (SSSR count). The van der Waals surface area contributed by atoms with E-state index in [2.05, 4.69) is 5.32 Å². The van der Waals surface area contributed by atoms with Gasteiger partial charge in [0.1, 0.15) is 16.5 Å². The Morgan fingerprint density at radius 3 is 2.62 bits per heavy atom. The summed E-state index contributed by atoms with van der Waals surface area (Å²) in [4.78, 5) is 10.5. The predicted molar refractivity (Wildman–Crippen MR) is 72.5 cm³/mol. The number of sulfone groups is 1. The van der Waals surface area contributed by atoms with Gasteiger partial charge in [-0.3, -0.25) is 4.79 Å². The fraction of sp³-hybridized carbons (Fsp3) is 0.462. The summed E-state index contributed by atoms with van der Waals surface area (Å²) in [7, 11) is -2.50. The van der Waals surface area contributed by atoms with Crippen molar-refractivity contribution in [3.05, 3.63) is 23.5 Å². The number of rotatable bonds is 4. The molecule has 0 bridgehead atoms. The van der Waals surface area contributed by atoms with E-state index in [-0.39, 0.29) is 18.3 Å². The Morgan fingerprint density at radius 2 is 2.14 bits per heavy atom. The highest BCUT2D eigenvalue weighted by atomic mass is 32.2. The first-order valence-electron chi connectivity index (χ1n) is 6.27. The molecular weight excluding hydrogens is 301 g/mol. The summed E-state index contributed by atoms with van der Waals surface area (Å²) in [5.74, 6) is -2.43. The molecule has 1 aliphatic heterocycles. The third kappa shape index (κ3) is 3.16. The van der Waals surface area contributed by atoms with Crippen LogP contribution in [0.5, 0.6) is 5.75 Å². The maximum Gasteiger partial charge on any atom is 0.307 e. The Labute approximate surface area is 121 Å². The van der Waals surface area contributed by atoms with Crippen LogP contribution in [0.3, 0.4) is 0 Å². The summed E-state index contributed by atoms with van der Waals surface area (Å²) in [6, 6.07) is 2.20. The van der Waals surface area contributed by atoms with E-state index < -0.39 is 32.4 Å². The van der Waals surface area contributed by atoms with E-state index in [4.69, 9.17) is 9.84 Å². The van der Waals surface area contributed by atoms with Gasteiger partial charge in [0.2, 0.25) is 0 Å². The minimum Gasteiger partial charge on any atom is -0.495 e. The Morgan fingerprint density at radius 1 is 1.48 bits per heavy atom. The number of carboxylic acids is 1. The van der Waals surface area contributed by atoms with Gasteiger partial charge in [-0.2, -0.15) is 0 Å². The molecule has 0 saturated carbocycles. The van der Waals surface area contributed by atoms with Gasteiger partial charge in [0, 0.05) is 18.8 Å². The minimum atomic E-state index is -3.76. The lowest BCUT2D eigenvalue weighted by Gasteiger charge is -2.15. The highest BCUT2D eigenvalue weighted by Crippen LogP contribution is 2.34. The average molecular weight is 317 g/mol. The Kier molecular flexibility index (Phi) is 4.20. The normalized spacial score (nSPS) is 22.2. The van der Waals surface area contributed by atoms with Gasteiger partial charge in [-0.25, -0.2) is 12.8 Å². The second-order valence-electron chi connectivity index (χ2n) is 5.04. The maximum absolute atomic E-state index is 14.1. The third-order valence-corrected chi connectivity index (χ3v) is 4.64. The molecule has 0 radical (unpaired) electrons. The molecule has 1 aromatic carbocycles. The van der Waals surface area contributed by atoms with Crippen molar-refractivity contribution in [1.29, 1.82) is 0 Å². The lowest BCUT2D eigenvalue weighted by Crippen LogP contribution is -2.17. The molecule has 0 aliphatic carbocycles. The molecule has 1 fully saturated rings. The van der Waals surface area contributed by atoms with Crippen LogP contribution in [-0.2, 0) is 14.6 Å². The molecule has 8 heteroatoms. The van der Waals surface area contributed by atoms with E-state index >= 15 is 0 Å². The maximum atomic E-state index is 14.1. The van der Waals surface area contributed by atoms with Gasteiger partial charge >= 0.3 is 5.97 Å². The van der Waals surface area contributed by atoms with Crippen molar-refractivity contribution in [2.45, 2.75) is 17.4 Å². The lowest BCUT2D eigenvalue weighted by molar-refractivity contribution is -0.141. The standard InChI is InChI=1S/C13H16FNO5S/c1-20-11-5-7(3-9(14)12(11)21(2,18)19)10-4-8(6-15-10)13(16)17/h3,5,8,10,15H,4,6H2,1-2H3,(H,16,17). The van der Waals surface area contributed by atoms with Gasteiger partial charge < -0.3 is 15.2 Å². The number of carbonyl (C=O) groups is 1. The topological polar surface area (TPSA) is 92.7 Å². The molecule has 116 valence electrons.